The molecule has 0 aliphatic rings. The minimum Gasteiger partial charge on any atom is -0.321 e. The van der Waals surface area contributed by atoms with Crippen molar-refractivity contribution < 1.29 is 22.7 Å². The minimum absolute atomic E-state index is 0.200. The molecule has 1 rings (SSSR count). The van der Waals surface area contributed by atoms with Gasteiger partial charge in [0, 0.05) is 26.3 Å². The third-order valence-corrected chi connectivity index (χ3v) is 7.85. The molecule has 7 nitrogen and oxygen atoms in total. The zero-order chi connectivity index (χ0) is 21.2. The van der Waals surface area contributed by atoms with Gasteiger partial charge in [0.25, 0.3) is 8.53 Å². The molecule has 0 N–H and O–H groups in total. The molecule has 0 saturated carbocycles. The van der Waals surface area contributed by atoms with E-state index < -0.39 is 16.1 Å². The van der Waals surface area contributed by atoms with Gasteiger partial charge < -0.3 is 18.1 Å². The second-order valence-electron chi connectivity index (χ2n) is 6.77. The fourth-order valence-electron chi connectivity index (χ4n) is 2.69. The van der Waals surface area contributed by atoms with Crippen molar-refractivity contribution in [2.24, 2.45) is 0 Å². The molecule has 1 atom stereocenters. The first kappa shape index (κ1) is 25.2. The van der Waals surface area contributed by atoms with Crippen LogP contribution < -0.4 is 0 Å². The first-order valence-corrected chi connectivity index (χ1v) is 12.1. The Morgan fingerprint density at radius 1 is 1.11 bits per heavy atom. The Balaban J connectivity index is 2.87. The van der Waals surface area contributed by atoms with E-state index in [1.165, 1.54) is 14.2 Å². The fourth-order valence-corrected chi connectivity index (χ4v) is 5.34. The van der Waals surface area contributed by atoms with Crippen molar-refractivity contribution >= 4 is 16.1 Å². The predicted octanol–water partition coefficient (Wildman–Crippen LogP) is 5.47. The quantitative estimate of drug-likeness (QED) is 0.303. The van der Waals surface area contributed by atoms with Gasteiger partial charge in [-0.15, -0.1) is 0 Å². The monoisotopic (exact) mass is 430 g/mol. The van der Waals surface area contributed by atoms with E-state index in [0.29, 0.717) is 19.6 Å². The SMILES string of the molecule is COP(=O)(Cc1cccc(COP(OCCC#N)N(C(C)C)C(C)C)c1)OC. The van der Waals surface area contributed by atoms with Gasteiger partial charge in [-0.2, -0.15) is 5.26 Å². The Morgan fingerprint density at radius 2 is 1.71 bits per heavy atom. The standard InChI is InChI=1S/C19H32N2O5P2/c1-16(2)21(17(3)4)27(25-12-8-11-20)26-14-18-9-7-10-19(13-18)15-28(22,23-5)24-6/h7,9-10,13,16-17H,8,12,14-15H2,1-6H3. The van der Waals surface area contributed by atoms with Gasteiger partial charge >= 0.3 is 7.60 Å². The highest BCUT2D eigenvalue weighted by molar-refractivity contribution is 7.52. The van der Waals surface area contributed by atoms with Crippen LogP contribution in [0.2, 0.25) is 0 Å². The molecule has 1 unspecified atom stereocenters. The van der Waals surface area contributed by atoms with Crippen molar-refractivity contribution in [3.05, 3.63) is 35.4 Å². The van der Waals surface area contributed by atoms with Gasteiger partial charge in [0.05, 0.1) is 31.9 Å². The van der Waals surface area contributed by atoms with Crippen molar-refractivity contribution in [3.63, 3.8) is 0 Å². The Bertz CT molecular complexity index is 663. The normalized spacial score (nSPS) is 13.3. The Morgan fingerprint density at radius 3 is 2.25 bits per heavy atom. The molecule has 9 heteroatoms. The number of nitriles is 1. The van der Waals surface area contributed by atoms with E-state index in [1.807, 2.05) is 24.3 Å². The highest BCUT2D eigenvalue weighted by Crippen LogP contribution is 2.50. The molecule has 0 amide bonds. The molecule has 0 fully saturated rings. The van der Waals surface area contributed by atoms with Crippen LogP contribution in [0.25, 0.3) is 0 Å². The van der Waals surface area contributed by atoms with Crippen molar-refractivity contribution in [1.82, 2.24) is 4.67 Å². The minimum atomic E-state index is -3.12. The number of nitrogens with zero attached hydrogens (tertiary/aromatic N) is 2. The van der Waals surface area contributed by atoms with Gasteiger partial charge in [-0.1, -0.05) is 24.3 Å². The van der Waals surface area contributed by atoms with Crippen LogP contribution in [0.5, 0.6) is 0 Å². The first-order chi connectivity index (χ1) is 13.3. The van der Waals surface area contributed by atoms with Crippen molar-refractivity contribution in [2.45, 2.75) is 59.0 Å². The molecule has 0 spiro atoms. The fraction of sp³-hybridized carbons (Fsp3) is 0.632. The Kier molecular flexibility index (Phi) is 11.4. The highest BCUT2D eigenvalue weighted by atomic mass is 31.2. The summed E-state index contributed by atoms with van der Waals surface area (Å²) in [4.78, 5) is 0. The maximum atomic E-state index is 12.4. The average Bonchev–Trinajstić information content (AvgIpc) is 2.65. The zero-order valence-corrected chi connectivity index (χ0v) is 19.4. The van der Waals surface area contributed by atoms with Crippen LogP contribution in [0, 0.1) is 11.3 Å². The van der Waals surface area contributed by atoms with Crippen molar-refractivity contribution in [2.75, 3.05) is 20.8 Å². The third-order valence-electron chi connectivity index (χ3n) is 3.93. The Labute approximate surface area is 170 Å². The number of rotatable bonds is 13. The predicted molar refractivity (Wildman–Crippen MR) is 112 cm³/mol. The van der Waals surface area contributed by atoms with Crippen LogP contribution in [-0.4, -0.2) is 37.6 Å². The maximum Gasteiger partial charge on any atom is 0.334 e. The lowest BCUT2D eigenvalue weighted by molar-refractivity contribution is 0.171. The van der Waals surface area contributed by atoms with E-state index in [4.69, 9.17) is 23.4 Å². The maximum absolute atomic E-state index is 12.4. The van der Waals surface area contributed by atoms with Gasteiger partial charge in [-0.25, -0.2) is 4.67 Å². The van der Waals surface area contributed by atoms with Gasteiger partial charge in [-0.3, -0.25) is 4.57 Å². The van der Waals surface area contributed by atoms with Gasteiger partial charge in [0.15, 0.2) is 0 Å². The molecular weight excluding hydrogens is 398 g/mol. The lowest BCUT2D eigenvalue weighted by atomic mass is 10.1. The molecule has 0 bridgehead atoms. The molecule has 0 aliphatic carbocycles. The van der Waals surface area contributed by atoms with Gasteiger partial charge in [0.2, 0.25) is 0 Å². The first-order valence-electron chi connectivity index (χ1n) is 9.25. The van der Waals surface area contributed by atoms with Crippen LogP contribution in [0.3, 0.4) is 0 Å². The van der Waals surface area contributed by atoms with E-state index in [2.05, 4.69) is 38.4 Å². The number of hydrogen-bond donors (Lipinski definition) is 0. The lowest BCUT2D eigenvalue weighted by Gasteiger charge is -2.35. The number of hydrogen-bond acceptors (Lipinski definition) is 7. The largest absolute Gasteiger partial charge is 0.334 e. The number of benzene rings is 1. The molecular formula is C19H32N2O5P2. The van der Waals surface area contributed by atoms with E-state index in [9.17, 15) is 4.57 Å². The van der Waals surface area contributed by atoms with E-state index in [1.54, 1.807) is 0 Å². The highest BCUT2D eigenvalue weighted by Gasteiger charge is 2.27. The summed E-state index contributed by atoms with van der Waals surface area (Å²) < 4.78 is 36.6. The van der Waals surface area contributed by atoms with Crippen LogP contribution >= 0.6 is 16.1 Å². The van der Waals surface area contributed by atoms with Crippen molar-refractivity contribution in [1.29, 1.82) is 5.26 Å². The van der Waals surface area contributed by atoms with Crippen LogP contribution in [0.15, 0.2) is 24.3 Å². The summed E-state index contributed by atoms with van der Waals surface area (Å²) in [7, 11) is -1.66. The summed E-state index contributed by atoms with van der Waals surface area (Å²) in [5.74, 6) is 0. The summed E-state index contributed by atoms with van der Waals surface area (Å²) in [5, 5.41) is 8.79. The molecule has 1 aromatic rings. The molecule has 0 heterocycles. The smallest absolute Gasteiger partial charge is 0.321 e. The van der Waals surface area contributed by atoms with Crippen LogP contribution in [-0.2, 0) is 35.4 Å². The molecule has 0 radical (unpaired) electrons. The van der Waals surface area contributed by atoms with E-state index in [0.717, 1.165) is 11.1 Å². The van der Waals surface area contributed by atoms with Crippen LogP contribution in [0.4, 0.5) is 0 Å². The second-order valence-corrected chi connectivity index (χ2v) is 10.5. The van der Waals surface area contributed by atoms with Gasteiger partial charge in [-0.05, 0) is 38.8 Å². The summed E-state index contributed by atoms with van der Waals surface area (Å²) in [6.07, 6.45) is 0.524. The third kappa shape index (κ3) is 8.27. The summed E-state index contributed by atoms with van der Waals surface area (Å²) in [6, 6.07) is 10.2. The van der Waals surface area contributed by atoms with Gasteiger partial charge in [0.1, 0.15) is 0 Å². The molecule has 28 heavy (non-hydrogen) atoms. The summed E-state index contributed by atoms with van der Waals surface area (Å²) >= 11 is 0. The zero-order valence-electron chi connectivity index (χ0n) is 17.6. The molecule has 0 saturated heterocycles. The van der Waals surface area contributed by atoms with E-state index in [-0.39, 0.29) is 18.2 Å². The lowest BCUT2D eigenvalue weighted by Crippen LogP contribution is -2.33. The average molecular weight is 430 g/mol. The molecule has 158 valence electrons. The topological polar surface area (TPSA) is 81.0 Å². The molecule has 0 aliphatic heterocycles. The van der Waals surface area contributed by atoms with Crippen LogP contribution in [0.1, 0.15) is 45.2 Å². The molecule has 0 aromatic heterocycles. The van der Waals surface area contributed by atoms with E-state index >= 15 is 0 Å². The molecule has 1 aromatic carbocycles. The Hall–Kier alpha value is -0.830. The summed E-state index contributed by atoms with van der Waals surface area (Å²) in [6.45, 7) is 9.08. The summed E-state index contributed by atoms with van der Waals surface area (Å²) in [5.41, 5.74) is 1.80. The van der Waals surface area contributed by atoms with Crippen molar-refractivity contribution in [3.8, 4) is 6.07 Å². The second kappa shape index (κ2) is 12.7.